The Morgan fingerprint density at radius 2 is 1.05 bits per heavy atom. The summed E-state index contributed by atoms with van der Waals surface area (Å²) in [5, 5.41) is 39.9. The maximum atomic E-state index is 14.4. The minimum atomic E-state index is -1.76. The summed E-state index contributed by atoms with van der Waals surface area (Å²) in [6.45, 7) is 7.72. The van der Waals surface area contributed by atoms with Crippen LogP contribution in [0.3, 0.4) is 0 Å². The number of nitrogens with zero attached hydrogens (tertiary/aromatic N) is 1. The Morgan fingerprint density at radius 1 is 0.570 bits per heavy atom. The van der Waals surface area contributed by atoms with Crippen molar-refractivity contribution in [2.75, 3.05) is 6.54 Å². The molecule has 4 rings (SSSR count). The van der Waals surface area contributed by atoms with Crippen LogP contribution in [0, 0.1) is 11.8 Å². The lowest BCUT2D eigenvalue weighted by atomic mass is 9.96. The van der Waals surface area contributed by atoms with Crippen molar-refractivity contribution in [3.63, 3.8) is 0 Å². The van der Waals surface area contributed by atoms with E-state index in [4.69, 9.17) is 28.7 Å². The topological polar surface area (TPSA) is 469 Å². The van der Waals surface area contributed by atoms with Gasteiger partial charge in [0.1, 0.15) is 42.3 Å². The molecular formula is C52H75N15O12. The molecule has 21 N–H and O–H groups in total. The number of hydrogen-bond donors (Lipinski definition) is 16. The average molecular weight is 1100 g/mol. The number of rotatable bonds is 32. The molecule has 27 heteroatoms. The van der Waals surface area contributed by atoms with Gasteiger partial charge in [0.05, 0.1) is 18.6 Å². The maximum Gasteiger partial charge on any atom is 0.326 e. The maximum absolute atomic E-state index is 14.4. The lowest BCUT2D eigenvalue weighted by Crippen LogP contribution is -2.63. The number of aliphatic hydroxyl groups excluding tert-OH is 1. The summed E-state index contributed by atoms with van der Waals surface area (Å²) in [6.07, 6.45) is 0.420. The van der Waals surface area contributed by atoms with Gasteiger partial charge in [-0.05, 0) is 67.7 Å². The van der Waals surface area contributed by atoms with Crippen molar-refractivity contribution in [3.05, 3.63) is 72.1 Å². The molecule has 9 amide bonds. The van der Waals surface area contributed by atoms with Crippen LogP contribution in [0.25, 0.3) is 21.8 Å². The zero-order chi connectivity index (χ0) is 58.7. The highest BCUT2D eigenvalue weighted by atomic mass is 16.4. The highest BCUT2D eigenvalue weighted by molar-refractivity contribution is 5.99. The molecule has 2 heterocycles. The number of carboxylic acid groups (broad SMARTS) is 1. The highest BCUT2D eigenvalue weighted by Gasteiger charge is 2.38. The second kappa shape index (κ2) is 29.8. The number of carboxylic acids is 1. The fourth-order valence-electron chi connectivity index (χ4n) is 8.55. The summed E-state index contributed by atoms with van der Waals surface area (Å²) in [7, 11) is 0. The SMILES string of the molecule is CC[C@H](C)[C@H](NC(=O)[C@H](CC(N)=O)NC(=O)[C@@H](N)Cc1c[nH]c2ccccc12)C(=O)N[C@H](C(=O)N[C@H](C(=O)N[C@@H](Cc1c[nH]c2ccccc12)C(=O)N[C@@H](CCC(N)=O)C(=O)N[C@@H](CCCN=C(N)N)C(=O)O)C(C)C)[C@@H](C)O. The first-order valence-electron chi connectivity index (χ1n) is 25.8. The number of aliphatic hydroxyl groups is 1. The first-order chi connectivity index (χ1) is 37.3. The standard InChI is InChI=1S/C52H75N15O12/c1-6-26(4)42(66-47(74)38(22-40(55)70)63-44(71)32(53)20-28-23-59-33-14-9-7-12-30(28)33)49(76)67-43(27(5)68)50(77)65-41(25(2)3)48(75)64-37(21-29-24-60-34-15-10-8-13-31(29)34)46(73)61-35(17-18-39(54)69)45(72)62-36(51(78)79)16-11-19-58-52(56)57/h7-10,12-15,23-27,32,35-38,41-43,59-60,68H,6,11,16-22,53H2,1-5H3,(H2,54,69)(H2,55,70)(H,61,73)(H,62,72)(H,63,71)(H,64,75)(H,65,77)(H,66,74)(H,67,76)(H,78,79)(H4,56,57,58)/t26-,27+,32-,35-,36-,37-,38-,41-,42-,43-/m0/s1. The largest absolute Gasteiger partial charge is 0.480 e. The molecule has 0 bridgehead atoms. The van der Waals surface area contributed by atoms with E-state index in [1.807, 2.05) is 24.3 Å². The second-order valence-electron chi connectivity index (χ2n) is 19.8. The summed E-state index contributed by atoms with van der Waals surface area (Å²) in [4.78, 5) is 144. The van der Waals surface area contributed by atoms with Crippen molar-refractivity contribution >= 4 is 86.9 Å². The first kappa shape index (κ1) is 62.9. The van der Waals surface area contributed by atoms with Crippen molar-refractivity contribution < 1.29 is 58.2 Å². The Morgan fingerprint density at radius 3 is 1.58 bits per heavy atom. The van der Waals surface area contributed by atoms with Gasteiger partial charge in [-0.1, -0.05) is 70.5 Å². The number of nitrogens with two attached hydrogens (primary N) is 5. The normalized spacial score (nSPS) is 15.1. The fourth-order valence-corrected chi connectivity index (χ4v) is 8.55. The van der Waals surface area contributed by atoms with E-state index >= 15 is 0 Å². The minimum absolute atomic E-state index is 0.0550. The molecule has 430 valence electrons. The number of nitrogens with one attached hydrogen (secondary N) is 9. The summed E-state index contributed by atoms with van der Waals surface area (Å²) in [5.41, 5.74) is 30.6. The number of amides is 9. The van der Waals surface area contributed by atoms with Gasteiger partial charge in [0.15, 0.2) is 5.96 Å². The van der Waals surface area contributed by atoms with Crippen molar-refractivity contribution in [2.24, 2.45) is 45.5 Å². The van der Waals surface area contributed by atoms with Crippen molar-refractivity contribution in [1.29, 1.82) is 0 Å². The van der Waals surface area contributed by atoms with E-state index in [0.717, 1.165) is 16.5 Å². The van der Waals surface area contributed by atoms with Crippen molar-refractivity contribution in [3.8, 4) is 0 Å². The predicted molar refractivity (Wildman–Crippen MR) is 291 cm³/mol. The third-order valence-corrected chi connectivity index (χ3v) is 13.2. The number of guanidine groups is 1. The monoisotopic (exact) mass is 1100 g/mol. The molecule has 0 aliphatic heterocycles. The number of benzene rings is 2. The molecule has 0 spiro atoms. The number of para-hydroxylation sites is 2. The molecule has 79 heavy (non-hydrogen) atoms. The van der Waals surface area contributed by atoms with Crippen LogP contribution in [0.4, 0.5) is 0 Å². The van der Waals surface area contributed by atoms with Crippen LogP contribution < -0.4 is 65.9 Å². The Bertz CT molecular complexity index is 2840. The fraction of sp³-hybridized carbons (Fsp3) is 0.481. The smallest absolute Gasteiger partial charge is 0.326 e. The van der Waals surface area contributed by atoms with Gasteiger partial charge in [-0.3, -0.25) is 48.1 Å². The second-order valence-corrected chi connectivity index (χ2v) is 19.8. The minimum Gasteiger partial charge on any atom is -0.480 e. The number of aliphatic imine (C=N–C) groups is 1. The van der Waals surface area contributed by atoms with Gasteiger partial charge in [-0.2, -0.15) is 0 Å². The predicted octanol–water partition coefficient (Wildman–Crippen LogP) is -2.48. The number of hydrogen-bond acceptors (Lipinski definition) is 13. The first-order valence-corrected chi connectivity index (χ1v) is 25.8. The van der Waals surface area contributed by atoms with Gasteiger partial charge in [0, 0.05) is 53.6 Å². The Balaban J connectivity index is 1.55. The molecule has 0 unspecified atom stereocenters. The zero-order valence-electron chi connectivity index (χ0n) is 44.8. The van der Waals surface area contributed by atoms with Gasteiger partial charge in [0.25, 0.3) is 0 Å². The summed E-state index contributed by atoms with van der Waals surface area (Å²) in [5.74, 6) is -11.4. The molecule has 4 aromatic rings. The number of primary amides is 2. The Hall–Kier alpha value is -8.59. The van der Waals surface area contributed by atoms with E-state index in [-0.39, 0.29) is 51.0 Å². The van der Waals surface area contributed by atoms with Crippen LogP contribution in [0.5, 0.6) is 0 Å². The number of carbonyl (C=O) groups excluding carboxylic acids is 9. The van der Waals surface area contributed by atoms with E-state index in [2.05, 4.69) is 52.2 Å². The van der Waals surface area contributed by atoms with E-state index in [9.17, 15) is 58.2 Å². The molecule has 0 aliphatic carbocycles. The number of aromatic nitrogens is 2. The van der Waals surface area contributed by atoms with Crippen LogP contribution in [-0.2, 0) is 60.8 Å². The van der Waals surface area contributed by atoms with Crippen LogP contribution >= 0.6 is 0 Å². The quantitative estimate of drug-likeness (QED) is 0.0137. The number of aliphatic carboxylic acids is 1. The summed E-state index contributed by atoms with van der Waals surface area (Å²) in [6, 6.07) is 2.50. The molecule has 27 nitrogen and oxygen atoms in total. The third kappa shape index (κ3) is 18.8. The van der Waals surface area contributed by atoms with Gasteiger partial charge >= 0.3 is 5.97 Å². The molecule has 2 aromatic heterocycles. The van der Waals surface area contributed by atoms with Crippen LogP contribution in [0.1, 0.15) is 84.3 Å². The van der Waals surface area contributed by atoms with Crippen LogP contribution in [0.2, 0.25) is 0 Å². The summed E-state index contributed by atoms with van der Waals surface area (Å²) >= 11 is 0. The van der Waals surface area contributed by atoms with Gasteiger partial charge < -0.3 is 86.1 Å². The molecule has 0 saturated carbocycles. The lowest BCUT2D eigenvalue weighted by Gasteiger charge is -2.31. The van der Waals surface area contributed by atoms with E-state index in [1.54, 1.807) is 64.4 Å². The number of fused-ring (bicyclic) bond motifs is 2. The van der Waals surface area contributed by atoms with Gasteiger partial charge in [0.2, 0.25) is 53.2 Å². The summed E-state index contributed by atoms with van der Waals surface area (Å²) < 4.78 is 0. The number of aromatic amines is 2. The Labute approximate surface area is 455 Å². The molecule has 10 atom stereocenters. The Kier molecular flexibility index (Phi) is 23.7. The molecule has 0 radical (unpaired) electrons. The third-order valence-electron chi connectivity index (χ3n) is 13.2. The molecule has 0 fully saturated rings. The molecule has 2 aromatic carbocycles. The zero-order valence-corrected chi connectivity index (χ0v) is 44.8. The highest BCUT2D eigenvalue weighted by Crippen LogP contribution is 2.21. The van der Waals surface area contributed by atoms with Crippen molar-refractivity contribution in [2.45, 2.75) is 140 Å². The van der Waals surface area contributed by atoms with E-state index < -0.39 is 138 Å². The lowest BCUT2D eigenvalue weighted by molar-refractivity contribution is -0.142. The molecule has 0 aliphatic rings. The number of carbonyl (C=O) groups is 10. The van der Waals surface area contributed by atoms with Crippen molar-refractivity contribution in [1.82, 2.24) is 47.2 Å². The molecule has 0 saturated heterocycles. The van der Waals surface area contributed by atoms with Crippen LogP contribution in [0.15, 0.2) is 65.9 Å². The molecular weight excluding hydrogens is 1030 g/mol. The average Bonchev–Trinajstić information content (AvgIpc) is 4.02. The van der Waals surface area contributed by atoms with Crippen LogP contribution in [-0.4, -0.2) is 146 Å². The van der Waals surface area contributed by atoms with E-state index in [0.29, 0.717) is 16.5 Å². The number of H-pyrrole nitrogens is 2. The van der Waals surface area contributed by atoms with Gasteiger partial charge in [-0.15, -0.1) is 0 Å². The van der Waals surface area contributed by atoms with E-state index in [1.165, 1.54) is 6.92 Å². The van der Waals surface area contributed by atoms with Gasteiger partial charge in [-0.25, -0.2) is 4.79 Å².